The van der Waals surface area contributed by atoms with Crippen LogP contribution in [0, 0.1) is 0 Å². The van der Waals surface area contributed by atoms with E-state index in [0.29, 0.717) is 25.2 Å². The molecule has 1 fully saturated rings. The SMILES string of the molecule is CC(C)(NC(=O)C1=C(O)[C@@H]2Oc3c(O)ccc4c3[C@@]23CCN[C@H](C4)[C@]3(O)C1)c1nc(-c2ccccc2)no1. The van der Waals surface area contributed by atoms with Gasteiger partial charge in [-0.15, -0.1) is 0 Å². The molecule has 0 radical (unpaired) electrons. The number of ether oxygens (including phenoxy) is 1. The van der Waals surface area contributed by atoms with Crippen LogP contribution in [0.5, 0.6) is 11.5 Å². The van der Waals surface area contributed by atoms with Crippen molar-refractivity contribution in [3.8, 4) is 22.9 Å². The molecule has 3 heterocycles. The molecule has 1 saturated heterocycles. The molecule has 2 aromatic carbocycles. The van der Waals surface area contributed by atoms with E-state index < -0.39 is 28.6 Å². The molecule has 0 saturated carbocycles. The van der Waals surface area contributed by atoms with Gasteiger partial charge in [0.05, 0.1) is 16.6 Å². The largest absolute Gasteiger partial charge is 0.508 e. The Morgan fingerprint density at radius 3 is 2.76 bits per heavy atom. The number of phenols is 1. The maximum atomic E-state index is 13.7. The zero-order valence-electron chi connectivity index (χ0n) is 21.0. The fourth-order valence-electron chi connectivity index (χ4n) is 6.92. The Morgan fingerprint density at radius 2 is 1.97 bits per heavy atom. The highest BCUT2D eigenvalue weighted by Gasteiger charge is 2.72. The Bertz CT molecular complexity index is 1510. The van der Waals surface area contributed by atoms with E-state index in [0.717, 1.165) is 16.7 Å². The molecular weight excluding hydrogens is 488 g/mol. The average molecular weight is 517 g/mol. The van der Waals surface area contributed by atoms with Crippen LogP contribution in [-0.2, 0) is 22.2 Å². The standard InChI is InChI=1S/C28H28N4O6/c1-26(2,25-30-23(32-38-25)14-6-4-3-5-7-14)31-24(35)16-13-28(36)18-12-15-8-9-17(33)21-19(15)27(28,10-11-29-18)22(37-21)20(16)34/h3-9,18,22,29,33-34,36H,10-13H2,1-2H3,(H,31,35)/t18-,22+,27+,28-/m1/s1. The van der Waals surface area contributed by atoms with E-state index >= 15 is 0 Å². The minimum atomic E-state index is -1.41. The number of aromatic nitrogens is 2. The molecule has 2 aliphatic heterocycles. The topological polar surface area (TPSA) is 150 Å². The lowest BCUT2D eigenvalue weighted by atomic mass is 9.49. The van der Waals surface area contributed by atoms with E-state index in [4.69, 9.17) is 9.26 Å². The van der Waals surface area contributed by atoms with Gasteiger partial charge in [0.25, 0.3) is 11.8 Å². The van der Waals surface area contributed by atoms with Crippen molar-refractivity contribution in [3.63, 3.8) is 0 Å². The molecule has 2 bridgehead atoms. The first-order chi connectivity index (χ1) is 18.2. The number of rotatable bonds is 4. The predicted octanol–water partition coefficient (Wildman–Crippen LogP) is 2.36. The highest BCUT2D eigenvalue weighted by molar-refractivity contribution is 5.95. The monoisotopic (exact) mass is 516 g/mol. The lowest BCUT2D eigenvalue weighted by molar-refractivity contribution is -0.139. The van der Waals surface area contributed by atoms with Crippen molar-refractivity contribution in [3.05, 3.63) is 70.8 Å². The van der Waals surface area contributed by atoms with Gasteiger partial charge in [0.2, 0.25) is 5.82 Å². The first-order valence-electron chi connectivity index (χ1n) is 12.8. The number of carbonyl (C=O) groups is 1. The fourth-order valence-corrected chi connectivity index (χ4v) is 6.92. The van der Waals surface area contributed by atoms with Crippen LogP contribution in [0.4, 0.5) is 0 Å². The minimum absolute atomic E-state index is 0.0356. The first kappa shape index (κ1) is 23.2. The van der Waals surface area contributed by atoms with Gasteiger partial charge in [-0.1, -0.05) is 41.6 Å². The van der Waals surface area contributed by atoms with Crippen molar-refractivity contribution in [2.45, 2.75) is 61.8 Å². The van der Waals surface area contributed by atoms with Crippen LogP contribution in [0.3, 0.4) is 0 Å². The number of nitrogens with one attached hydrogen (secondary N) is 2. The van der Waals surface area contributed by atoms with Crippen LogP contribution >= 0.6 is 0 Å². The van der Waals surface area contributed by atoms with Gasteiger partial charge in [-0.2, -0.15) is 4.98 Å². The molecule has 5 N–H and O–H groups in total. The van der Waals surface area contributed by atoms with Crippen molar-refractivity contribution in [2.75, 3.05) is 6.54 Å². The molecule has 7 rings (SSSR count). The third-order valence-corrected chi connectivity index (χ3v) is 8.73. The maximum Gasteiger partial charge on any atom is 0.252 e. The molecule has 38 heavy (non-hydrogen) atoms. The minimum Gasteiger partial charge on any atom is -0.508 e. The van der Waals surface area contributed by atoms with Crippen molar-refractivity contribution in [2.24, 2.45) is 0 Å². The summed E-state index contributed by atoms with van der Waals surface area (Å²) in [6.45, 7) is 4.07. The van der Waals surface area contributed by atoms with E-state index in [9.17, 15) is 20.1 Å². The highest BCUT2D eigenvalue weighted by Crippen LogP contribution is 2.64. The summed E-state index contributed by atoms with van der Waals surface area (Å²) in [4.78, 5) is 18.2. The van der Waals surface area contributed by atoms with Crippen molar-refractivity contribution < 1.29 is 29.4 Å². The Hall–Kier alpha value is -3.89. The average Bonchev–Trinajstić information content (AvgIpc) is 3.52. The maximum absolute atomic E-state index is 13.7. The van der Waals surface area contributed by atoms with Crippen LogP contribution in [0.1, 0.15) is 43.7 Å². The molecule has 10 nitrogen and oxygen atoms in total. The van der Waals surface area contributed by atoms with Gasteiger partial charge in [-0.3, -0.25) is 4.79 Å². The summed E-state index contributed by atoms with van der Waals surface area (Å²) < 4.78 is 11.7. The highest BCUT2D eigenvalue weighted by atomic mass is 16.5. The van der Waals surface area contributed by atoms with Crippen LogP contribution in [0.2, 0.25) is 0 Å². The number of aliphatic hydroxyl groups is 2. The van der Waals surface area contributed by atoms with Gasteiger partial charge in [0.15, 0.2) is 17.6 Å². The van der Waals surface area contributed by atoms with Crippen LogP contribution in [0.15, 0.2) is 58.3 Å². The number of phenolic OH excluding ortho intramolecular Hbond substituents is 1. The number of hydrogen-bond acceptors (Lipinski definition) is 9. The number of aromatic hydroxyl groups is 1. The van der Waals surface area contributed by atoms with Crippen molar-refractivity contribution in [1.82, 2.24) is 20.8 Å². The van der Waals surface area contributed by atoms with Crippen molar-refractivity contribution >= 4 is 5.91 Å². The quantitative estimate of drug-likeness (QED) is 0.352. The number of hydrogen-bond donors (Lipinski definition) is 5. The second kappa shape index (κ2) is 7.58. The first-order valence-corrected chi connectivity index (χ1v) is 12.8. The smallest absolute Gasteiger partial charge is 0.252 e. The Labute approximate surface area is 218 Å². The van der Waals surface area contributed by atoms with Gasteiger partial charge >= 0.3 is 0 Å². The molecule has 196 valence electrons. The number of benzene rings is 2. The summed E-state index contributed by atoms with van der Waals surface area (Å²) in [5.41, 5.74) is -0.924. The number of carbonyl (C=O) groups excluding carboxylic acids is 1. The summed E-state index contributed by atoms with van der Waals surface area (Å²) in [7, 11) is 0. The summed E-state index contributed by atoms with van der Waals surface area (Å²) >= 11 is 0. The molecule has 4 atom stereocenters. The van der Waals surface area contributed by atoms with Gasteiger partial charge in [-0.25, -0.2) is 0 Å². The number of nitrogens with zero attached hydrogens (tertiary/aromatic N) is 2. The van der Waals surface area contributed by atoms with Crippen LogP contribution < -0.4 is 15.4 Å². The van der Waals surface area contributed by atoms with E-state index in [1.807, 2.05) is 36.4 Å². The number of aliphatic hydroxyl groups excluding tert-OH is 1. The number of amides is 1. The third-order valence-electron chi connectivity index (χ3n) is 8.73. The predicted molar refractivity (Wildman–Crippen MR) is 134 cm³/mol. The molecule has 1 aromatic heterocycles. The van der Waals surface area contributed by atoms with Crippen LogP contribution in [0.25, 0.3) is 11.4 Å². The van der Waals surface area contributed by atoms with Gasteiger partial charge in [0, 0.05) is 23.6 Å². The summed E-state index contributed by atoms with van der Waals surface area (Å²) in [5, 5.41) is 44.7. The second-order valence-corrected chi connectivity index (χ2v) is 11.2. The summed E-state index contributed by atoms with van der Waals surface area (Å²) in [5.74, 6) is 0.0285. The molecule has 1 spiro atoms. The van der Waals surface area contributed by atoms with Gasteiger partial charge < -0.3 is 35.2 Å². The molecule has 1 amide bonds. The molecule has 10 heteroatoms. The Balaban J connectivity index is 1.25. The fraction of sp³-hybridized carbons (Fsp3) is 0.393. The van der Waals surface area contributed by atoms with Gasteiger partial charge in [-0.05, 0) is 44.9 Å². The lowest BCUT2D eigenvalue weighted by Crippen LogP contribution is -2.75. The Kier molecular flexibility index (Phi) is 4.64. The van der Waals surface area contributed by atoms with E-state index in [1.165, 1.54) is 0 Å². The molecular formula is C28H28N4O6. The second-order valence-electron chi connectivity index (χ2n) is 11.2. The third kappa shape index (κ3) is 2.87. The number of piperidine rings is 1. The molecule has 2 aliphatic carbocycles. The van der Waals surface area contributed by atoms with E-state index in [-0.39, 0.29) is 41.2 Å². The zero-order chi connectivity index (χ0) is 26.4. The lowest BCUT2D eigenvalue weighted by Gasteiger charge is -2.59. The van der Waals surface area contributed by atoms with Gasteiger partial charge in [0.1, 0.15) is 11.3 Å². The normalized spacial score (nSPS) is 29.0. The molecule has 3 aromatic rings. The summed E-state index contributed by atoms with van der Waals surface area (Å²) in [6.07, 6.45) is -0.0676. The molecule has 4 aliphatic rings. The van der Waals surface area contributed by atoms with E-state index in [2.05, 4.69) is 20.8 Å². The van der Waals surface area contributed by atoms with E-state index in [1.54, 1.807) is 19.9 Å². The zero-order valence-corrected chi connectivity index (χ0v) is 21.0. The Morgan fingerprint density at radius 1 is 1.18 bits per heavy atom. The van der Waals surface area contributed by atoms with Crippen molar-refractivity contribution in [1.29, 1.82) is 0 Å². The molecule has 0 unspecified atom stereocenters. The van der Waals surface area contributed by atoms with Crippen LogP contribution in [-0.4, -0.2) is 55.7 Å². The summed E-state index contributed by atoms with van der Waals surface area (Å²) in [6, 6.07) is 12.4.